The van der Waals surface area contributed by atoms with Crippen molar-refractivity contribution < 1.29 is 9.53 Å². The fourth-order valence-corrected chi connectivity index (χ4v) is 1.77. The zero-order valence-electron chi connectivity index (χ0n) is 12.1. The second-order valence-electron chi connectivity index (χ2n) is 4.76. The van der Waals surface area contributed by atoms with Gasteiger partial charge in [-0.25, -0.2) is 4.68 Å². The molecule has 0 saturated carbocycles. The van der Waals surface area contributed by atoms with Gasteiger partial charge in [-0.2, -0.15) is 5.10 Å². The van der Waals surface area contributed by atoms with E-state index >= 15 is 0 Å². The average molecular weight is 285 g/mol. The number of amides is 1. The monoisotopic (exact) mass is 285 g/mol. The third-order valence-corrected chi connectivity index (χ3v) is 2.78. The summed E-state index contributed by atoms with van der Waals surface area (Å²) in [6.07, 6.45) is 3.57. The highest BCUT2D eigenvalue weighted by Gasteiger charge is 2.05. The Kier molecular flexibility index (Phi) is 5.29. The second kappa shape index (κ2) is 7.40. The number of aromatic nitrogens is 2. The summed E-state index contributed by atoms with van der Waals surface area (Å²) in [5, 5.41) is 6.95. The summed E-state index contributed by atoms with van der Waals surface area (Å²) in [7, 11) is 0. The van der Waals surface area contributed by atoms with Gasteiger partial charge in [-0.15, -0.1) is 0 Å². The van der Waals surface area contributed by atoms with Crippen LogP contribution < -0.4 is 5.32 Å². The molecule has 5 nitrogen and oxygen atoms in total. The number of carbonyl (C=O) groups is 1. The van der Waals surface area contributed by atoms with Crippen LogP contribution in [-0.2, 0) is 4.74 Å². The Morgan fingerprint density at radius 2 is 2.14 bits per heavy atom. The Balaban J connectivity index is 1.81. The van der Waals surface area contributed by atoms with Gasteiger partial charge in [-0.3, -0.25) is 4.79 Å². The van der Waals surface area contributed by atoms with E-state index in [2.05, 4.69) is 17.0 Å². The lowest BCUT2D eigenvalue weighted by Gasteiger charge is -2.07. The fraction of sp³-hybridized carbons (Fsp3) is 0.250. The van der Waals surface area contributed by atoms with Crippen molar-refractivity contribution in [3.8, 4) is 5.69 Å². The van der Waals surface area contributed by atoms with Gasteiger partial charge < -0.3 is 10.1 Å². The van der Waals surface area contributed by atoms with Gasteiger partial charge in [0.25, 0.3) is 5.91 Å². The van der Waals surface area contributed by atoms with Crippen molar-refractivity contribution in [2.45, 2.75) is 6.92 Å². The van der Waals surface area contributed by atoms with Gasteiger partial charge in [0.1, 0.15) is 0 Å². The van der Waals surface area contributed by atoms with Crippen molar-refractivity contribution >= 4 is 5.91 Å². The van der Waals surface area contributed by atoms with Gasteiger partial charge in [0, 0.05) is 24.5 Å². The van der Waals surface area contributed by atoms with E-state index in [0.717, 1.165) is 11.3 Å². The van der Waals surface area contributed by atoms with E-state index in [1.807, 2.05) is 31.3 Å². The number of nitrogens with zero attached hydrogens (tertiary/aromatic N) is 2. The standard InChI is InChI=1S/C16H19N3O2/c1-13(2)12-21-11-9-17-16(20)14-4-6-15(7-5-14)19-10-3-8-18-19/h3-8,10H,1,9,11-12H2,2H3,(H,17,20). The Labute approximate surface area is 124 Å². The summed E-state index contributed by atoms with van der Waals surface area (Å²) >= 11 is 0. The molecule has 2 aromatic rings. The molecule has 0 aliphatic heterocycles. The topological polar surface area (TPSA) is 56.1 Å². The van der Waals surface area contributed by atoms with Crippen LogP contribution in [0.1, 0.15) is 17.3 Å². The Morgan fingerprint density at radius 3 is 2.76 bits per heavy atom. The van der Waals surface area contributed by atoms with E-state index in [1.54, 1.807) is 23.0 Å². The summed E-state index contributed by atoms with van der Waals surface area (Å²) in [6, 6.07) is 9.13. The summed E-state index contributed by atoms with van der Waals surface area (Å²) in [4.78, 5) is 11.9. The van der Waals surface area contributed by atoms with E-state index < -0.39 is 0 Å². The van der Waals surface area contributed by atoms with Crippen LogP contribution >= 0.6 is 0 Å². The van der Waals surface area contributed by atoms with Crippen LogP contribution in [0.2, 0.25) is 0 Å². The molecule has 2 rings (SSSR count). The molecule has 0 fully saturated rings. The predicted octanol–water partition coefficient (Wildman–Crippen LogP) is 2.19. The first-order valence-electron chi connectivity index (χ1n) is 6.77. The number of hydrogen-bond donors (Lipinski definition) is 1. The first-order valence-corrected chi connectivity index (χ1v) is 6.77. The van der Waals surface area contributed by atoms with Crippen molar-refractivity contribution in [2.24, 2.45) is 0 Å². The zero-order chi connectivity index (χ0) is 15.1. The molecule has 0 aliphatic rings. The number of nitrogens with one attached hydrogen (secondary N) is 1. The summed E-state index contributed by atoms with van der Waals surface area (Å²) in [5.41, 5.74) is 2.50. The SMILES string of the molecule is C=C(C)COCCNC(=O)c1ccc(-n2cccn2)cc1. The first kappa shape index (κ1) is 15.0. The number of carbonyl (C=O) groups excluding carboxylic acids is 1. The first-order chi connectivity index (χ1) is 10.2. The van der Waals surface area contributed by atoms with Crippen molar-refractivity contribution in [3.05, 3.63) is 60.4 Å². The van der Waals surface area contributed by atoms with Crippen LogP contribution in [0.25, 0.3) is 5.69 Å². The van der Waals surface area contributed by atoms with E-state index in [4.69, 9.17) is 4.74 Å². The van der Waals surface area contributed by atoms with Crippen LogP contribution in [0.5, 0.6) is 0 Å². The van der Waals surface area contributed by atoms with Gasteiger partial charge in [-0.05, 0) is 37.3 Å². The van der Waals surface area contributed by atoms with Gasteiger partial charge in [0.15, 0.2) is 0 Å². The molecule has 1 N–H and O–H groups in total. The minimum absolute atomic E-state index is 0.110. The molecule has 0 bridgehead atoms. The molecule has 0 atom stereocenters. The molecule has 1 amide bonds. The Bertz CT molecular complexity index is 588. The van der Waals surface area contributed by atoms with E-state index in [0.29, 0.717) is 25.3 Å². The van der Waals surface area contributed by atoms with Crippen molar-refractivity contribution in [3.63, 3.8) is 0 Å². The molecule has 0 radical (unpaired) electrons. The fourth-order valence-electron chi connectivity index (χ4n) is 1.77. The molecule has 1 aromatic carbocycles. The van der Waals surface area contributed by atoms with Gasteiger partial charge in [-0.1, -0.05) is 12.2 Å². The molecule has 0 spiro atoms. The molecular weight excluding hydrogens is 266 g/mol. The molecule has 0 aliphatic carbocycles. The molecule has 1 heterocycles. The van der Waals surface area contributed by atoms with Gasteiger partial charge in [0.05, 0.1) is 18.9 Å². The lowest BCUT2D eigenvalue weighted by Crippen LogP contribution is -2.27. The maximum absolute atomic E-state index is 11.9. The highest BCUT2D eigenvalue weighted by atomic mass is 16.5. The van der Waals surface area contributed by atoms with Crippen molar-refractivity contribution in [2.75, 3.05) is 19.8 Å². The predicted molar refractivity (Wildman–Crippen MR) is 81.5 cm³/mol. The molecule has 0 unspecified atom stereocenters. The van der Waals surface area contributed by atoms with E-state index in [9.17, 15) is 4.79 Å². The third kappa shape index (κ3) is 4.57. The van der Waals surface area contributed by atoms with Crippen LogP contribution in [0.3, 0.4) is 0 Å². The molecule has 0 saturated heterocycles. The second-order valence-corrected chi connectivity index (χ2v) is 4.76. The normalized spacial score (nSPS) is 10.3. The van der Waals surface area contributed by atoms with Gasteiger partial charge >= 0.3 is 0 Å². The average Bonchev–Trinajstić information content (AvgIpc) is 3.01. The minimum atomic E-state index is -0.110. The summed E-state index contributed by atoms with van der Waals surface area (Å²) in [5.74, 6) is -0.110. The maximum Gasteiger partial charge on any atom is 0.251 e. The quantitative estimate of drug-likeness (QED) is 0.626. The zero-order valence-corrected chi connectivity index (χ0v) is 12.1. The molecule has 21 heavy (non-hydrogen) atoms. The Morgan fingerprint density at radius 1 is 1.38 bits per heavy atom. The smallest absolute Gasteiger partial charge is 0.251 e. The lowest BCUT2D eigenvalue weighted by molar-refractivity contribution is 0.0927. The van der Waals surface area contributed by atoms with Crippen LogP contribution in [0.4, 0.5) is 0 Å². The third-order valence-electron chi connectivity index (χ3n) is 2.78. The maximum atomic E-state index is 11.9. The Hall–Kier alpha value is -2.40. The number of hydrogen-bond acceptors (Lipinski definition) is 3. The van der Waals surface area contributed by atoms with E-state index in [1.165, 1.54) is 0 Å². The molecule has 110 valence electrons. The van der Waals surface area contributed by atoms with E-state index in [-0.39, 0.29) is 5.91 Å². The van der Waals surface area contributed by atoms with Crippen LogP contribution in [0, 0.1) is 0 Å². The lowest BCUT2D eigenvalue weighted by atomic mass is 10.2. The van der Waals surface area contributed by atoms with Crippen molar-refractivity contribution in [1.29, 1.82) is 0 Å². The van der Waals surface area contributed by atoms with Gasteiger partial charge in [0.2, 0.25) is 0 Å². The number of ether oxygens (including phenoxy) is 1. The number of rotatable bonds is 7. The minimum Gasteiger partial charge on any atom is -0.375 e. The molecule has 1 aromatic heterocycles. The van der Waals surface area contributed by atoms with Crippen LogP contribution in [0.15, 0.2) is 54.9 Å². The highest BCUT2D eigenvalue weighted by molar-refractivity contribution is 5.94. The van der Waals surface area contributed by atoms with Crippen molar-refractivity contribution in [1.82, 2.24) is 15.1 Å². The highest BCUT2D eigenvalue weighted by Crippen LogP contribution is 2.08. The molecule has 5 heteroatoms. The summed E-state index contributed by atoms with van der Waals surface area (Å²) < 4.78 is 7.07. The number of benzene rings is 1. The largest absolute Gasteiger partial charge is 0.375 e. The molecular formula is C16H19N3O2. The van der Waals surface area contributed by atoms with Crippen LogP contribution in [-0.4, -0.2) is 35.4 Å². The summed E-state index contributed by atoms with van der Waals surface area (Å²) in [6.45, 7) is 7.13.